The van der Waals surface area contributed by atoms with E-state index in [1.807, 2.05) is 6.92 Å². The Kier molecular flexibility index (Phi) is 4.59. The summed E-state index contributed by atoms with van der Waals surface area (Å²) >= 11 is 0. The zero-order chi connectivity index (χ0) is 20.3. The Morgan fingerprint density at radius 2 is 1.41 bits per heavy atom. The summed E-state index contributed by atoms with van der Waals surface area (Å²) in [6, 6.07) is 0. The molecule has 4 rings (SSSR count). The molecule has 7 nitrogen and oxygen atoms in total. The standard InChI is InChI=1S/C20H32O7/c1-6-13(2)14(21)25-19-8-17(23)7-18(24,9-19)11-20(10-17,12-19)27-15(22)26-16(3,4)5/h13,23-24H,6-12H2,1-5H3. The van der Waals surface area contributed by atoms with E-state index in [-0.39, 0.29) is 50.4 Å². The maximum absolute atomic E-state index is 12.5. The quantitative estimate of drug-likeness (QED) is 0.719. The smallest absolute Gasteiger partial charge is 0.458 e. The van der Waals surface area contributed by atoms with Crippen molar-refractivity contribution in [3.05, 3.63) is 0 Å². The van der Waals surface area contributed by atoms with Gasteiger partial charge >= 0.3 is 12.1 Å². The molecule has 2 N–H and O–H groups in total. The predicted octanol–water partition coefficient (Wildman–Crippen LogP) is 2.85. The fourth-order valence-electron chi connectivity index (χ4n) is 5.49. The van der Waals surface area contributed by atoms with Crippen LogP contribution in [0, 0.1) is 5.92 Å². The van der Waals surface area contributed by atoms with Crippen LogP contribution in [0.25, 0.3) is 0 Å². The van der Waals surface area contributed by atoms with Crippen LogP contribution in [0.3, 0.4) is 0 Å². The molecule has 0 saturated heterocycles. The highest BCUT2D eigenvalue weighted by molar-refractivity contribution is 5.72. The number of hydrogen-bond acceptors (Lipinski definition) is 7. The number of hydrogen-bond donors (Lipinski definition) is 2. The van der Waals surface area contributed by atoms with Gasteiger partial charge in [0.1, 0.15) is 16.8 Å². The van der Waals surface area contributed by atoms with Crippen LogP contribution >= 0.6 is 0 Å². The average Bonchev–Trinajstić information content (AvgIpc) is 2.38. The number of aliphatic hydroxyl groups is 2. The summed E-state index contributed by atoms with van der Waals surface area (Å²) in [6.07, 6.45) is 1.21. The summed E-state index contributed by atoms with van der Waals surface area (Å²) in [4.78, 5) is 24.8. The van der Waals surface area contributed by atoms with Gasteiger partial charge in [-0.25, -0.2) is 4.79 Å². The molecular formula is C20H32O7. The molecule has 4 bridgehead atoms. The molecule has 4 aliphatic carbocycles. The first-order chi connectivity index (χ1) is 12.2. The third-order valence-corrected chi connectivity index (χ3v) is 5.93. The van der Waals surface area contributed by atoms with Crippen LogP contribution in [0.15, 0.2) is 0 Å². The third kappa shape index (κ3) is 4.09. The highest BCUT2D eigenvalue weighted by Crippen LogP contribution is 2.63. The molecule has 27 heavy (non-hydrogen) atoms. The fraction of sp³-hybridized carbons (Fsp3) is 0.900. The molecule has 0 aliphatic heterocycles. The van der Waals surface area contributed by atoms with Gasteiger partial charge in [-0.1, -0.05) is 13.8 Å². The Labute approximate surface area is 160 Å². The van der Waals surface area contributed by atoms with E-state index in [2.05, 4.69) is 0 Å². The summed E-state index contributed by atoms with van der Waals surface area (Å²) in [5.41, 5.74) is -5.31. The Bertz CT molecular complexity index is 617. The molecule has 0 amide bonds. The van der Waals surface area contributed by atoms with Crippen molar-refractivity contribution in [1.29, 1.82) is 0 Å². The van der Waals surface area contributed by atoms with Crippen LogP contribution in [0.2, 0.25) is 0 Å². The molecule has 0 aromatic carbocycles. The maximum atomic E-state index is 12.5. The predicted molar refractivity (Wildman–Crippen MR) is 95.9 cm³/mol. The van der Waals surface area contributed by atoms with E-state index in [9.17, 15) is 19.8 Å². The lowest BCUT2D eigenvalue weighted by Gasteiger charge is -2.65. The van der Waals surface area contributed by atoms with Gasteiger partial charge in [0, 0.05) is 38.5 Å². The Morgan fingerprint density at radius 1 is 0.926 bits per heavy atom. The lowest BCUT2D eigenvalue weighted by Crippen LogP contribution is -2.73. The van der Waals surface area contributed by atoms with E-state index in [0.29, 0.717) is 6.42 Å². The second-order valence-electron chi connectivity index (χ2n) is 10.2. The van der Waals surface area contributed by atoms with Crippen LogP contribution in [0.5, 0.6) is 0 Å². The molecule has 7 heteroatoms. The highest BCUT2D eigenvalue weighted by atomic mass is 16.7. The first kappa shape index (κ1) is 20.4. The van der Waals surface area contributed by atoms with E-state index in [1.165, 1.54) is 0 Å². The Hall–Kier alpha value is -1.34. The number of carbonyl (C=O) groups excluding carboxylic acids is 2. The fourth-order valence-corrected chi connectivity index (χ4v) is 5.49. The van der Waals surface area contributed by atoms with Crippen molar-refractivity contribution >= 4 is 12.1 Å². The topological polar surface area (TPSA) is 102 Å². The zero-order valence-electron chi connectivity index (χ0n) is 17.0. The molecule has 4 aliphatic rings. The van der Waals surface area contributed by atoms with Gasteiger partial charge in [-0.3, -0.25) is 4.79 Å². The van der Waals surface area contributed by atoms with Crippen molar-refractivity contribution in [2.45, 2.75) is 108 Å². The molecule has 4 fully saturated rings. The first-order valence-corrected chi connectivity index (χ1v) is 9.80. The van der Waals surface area contributed by atoms with Gasteiger partial charge < -0.3 is 24.4 Å². The minimum Gasteiger partial charge on any atom is -0.458 e. The number of esters is 1. The summed E-state index contributed by atoms with van der Waals surface area (Å²) < 4.78 is 16.8. The summed E-state index contributed by atoms with van der Waals surface area (Å²) in [5, 5.41) is 22.1. The SMILES string of the molecule is CCC(C)C(=O)OC12CC3(O)CC(O)(CC(OC(=O)OC(C)(C)C)(C3)C1)C2. The lowest BCUT2D eigenvalue weighted by atomic mass is 9.48. The van der Waals surface area contributed by atoms with E-state index >= 15 is 0 Å². The summed E-state index contributed by atoms with van der Waals surface area (Å²) in [7, 11) is 0. The second kappa shape index (κ2) is 6.08. The van der Waals surface area contributed by atoms with Crippen LogP contribution < -0.4 is 0 Å². The highest BCUT2D eigenvalue weighted by Gasteiger charge is 2.71. The molecule has 0 aromatic rings. The van der Waals surface area contributed by atoms with E-state index in [4.69, 9.17) is 14.2 Å². The van der Waals surface area contributed by atoms with Gasteiger partial charge in [-0.15, -0.1) is 0 Å². The van der Waals surface area contributed by atoms with Crippen LogP contribution in [-0.2, 0) is 19.0 Å². The molecule has 4 saturated carbocycles. The Morgan fingerprint density at radius 3 is 1.85 bits per heavy atom. The van der Waals surface area contributed by atoms with Crippen LogP contribution in [0.1, 0.15) is 79.6 Å². The van der Waals surface area contributed by atoms with Crippen LogP contribution in [-0.4, -0.2) is 50.3 Å². The van der Waals surface area contributed by atoms with Crippen molar-refractivity contribution in [2.75, 3.05) is 0 Å². The van der Waals surface area contributed by atoms with E-state index in [1.54, 1.807) is 27.7 Å². The largest absolute Gasteiger partial charge is 0.509 e. The molecule has 0 heterocycles. The Balaban J connectivity index is 1.87. The number of ether oxygens (including phenoxy) is 3. The second-order valence-corrected chi connectivity index (χ2v) is 10.2. The van der Waals surface area contributed by atoms with E-state index in [0.717, 1.165) is 0 Å². The molecule has 0 spiro atoms. The summed E-state index contributed by atoms with van der Waals surface area (Å²) in [5.74, 6) is -0.621. The van der Waals surface area contributed by atoms with Crippen LogP contribution in [0.4, 0.5) is 4.79 Å². The minimum atomic E-state index is -1.23. The number of carbonyl (C=O) groups is 2. The molecular weight excluding hydrogens is 352 g/mol. The van der Waals surface area contributed by atoms with Crippen molar-refractivity contribution < 1.29 is 34.0 Å². The van der Waals surface area contributed by atoms with Gasteiger partial charge in [0.05, 0.1) is 17.1 Å². The van der Waals surface area contributed by atoms with Gasteiger partial charge in [0.2, 0.25) is 0 Å². The van der Waals surface area contributed by atoms with Gasteiger partial charge in [0.25, 0.3) is 0 Å². The molecule has 154 valence electrons. The van der Waals surface area contributed by atoms with Crippen molar-refractivity contribution in [2.24, 2.45) is 5.92 Å². The normalized spacial score (nSPS) is 41.1. The molecule has 0 aromatic heterocycles. The average molecular weight is 384 g/mol. The van der Waals surface area contributed by atoms with Crippen molar-refractivity contribution in [1.82, 2.24) is 0 Å². The van der Waals surface area contributed by atoms with E-state index < -0.39 is 34.2 Å². The molecule has 0 radical (unpaired) electrons. The third-order valence-electron chi connectivity index (χ3n) is 5.93. The number of rotatable bonds is 4. The monoisotopic (exact) mass is 384 g/mol. The van der Waals surface area contributed by atoms with Gasteiger partial charge in [-0.2, -0.15) is 0 Å². The lowest BCUT2D eigenvalue weighted by molar-refractivity contribution is -0.303. The van der Waals surface area contributed by atoms with Gasteiger partial charge in [0.15, 0.2) is 0 Å². The molecule has 3 atom stereocenters. The minimum absolute atomic E-state index is 0.196. The molecule has 3 unspecified atom stereocenters. The zero-order valence-corrected chi connectivity index (χ0v) is 17.0. The van der Waals surface area contributed by atoms with Gasteiger partial charge in [-0.05, 0) is 27.2 Å². The first-order valence-electron chi connectivity index (χ1n) is 9.80. The van der Waals surface area contributed by atoms with Crippen molar-refractivity contribution in [3.8, 4) is 0 Å². The maximum Gasteiger partial charge on any atom is 0.509 e. The van der Waals surface area contributed by atoms with Crippen molar-refractivity contribution in [3.63, 3.8) is 0 Å². The summed E-state index contributed by atoms with van der Waals surface area (Å²) in [6.45, 7) is 8.91.